The molecule has 0 aromatic heterocycles. The van der Waals surface area contributed by atoms with Crippen molar-refractivity contribution in [2.24, 2.45) is 5.92 Å². The molecule has 3 atom stereocenters. The third-order valence-electron chi connectivity index (χ3n) is 4.72. The third-order valence-corrected chi connectivity index (χ3v) is 6.25. The van der Waals surface area contributed by atoms with Crippen molar-refractivity contribution in [2.75, 3.05) is 32.5 Å². The molecular weight excluding hydrogens is 318 g/mol. The van der Waals surface area contributed by atoms with Gasteiger partial charge in [0.05, 0.1) is 11.9 Å². The molecule has 2 aliphatic rings. The number of nitrogens with one attached hydrogen (secondary N) is 2. The average Bonchev–Trinajstić information content (AvgIpc) is 2.55. The van der Waals surface area contributed by atoms with Gasteiger partial charge < -0.3 is 15.0 Å². The van der Waals surface area contributed by atoms with Crippen LogP contribution in [0.5, 0.6) is 0 Å². The van der Waals surface area contributed by atoms with Gasteiger partial charge in [-0.3, -0.25) is 0 Å². The summed E-state index contributed by atoms with van der Waals surface area (Å²) in [6, 6.07) is 0.0842. The number of ether oxygens (including phenoxy) is 1. The number of rotatable bonds is 5. The molecule has 7 nitrogen and oxygen atoms in total. The summed E-state index contributed by atoms with van der Waals surface area (Å²) in [6.07, 6.45) is 4.58. The van der Waals surface area contributed by atoms with Crippen LogP contribution >= 0.6 is 0 Å². The van der Waals surface area contributed by atoms with E-state index in [1.807, 2.05) is 0 Å². The number of nitrogens with zero attached hydrogens (tertiary/aromatic N) is 1. The molecule has 2 aliphatic heterocycles. The number of sulfonamides is 1. The molecule has 2 heterocycles. The maximum Gasteiger partial charge on any atom is 0.317 e. The molecule has 3 unspecified atom stereocenters. The third kappa shape index (κ3) is 5.61. The van der Waals surface area contributed by atoms with Crippen LogP contribution in [0.3, 0.4) is 0 Å². The highest BCUT2D eigenvalue weighted by atomic mass is 32.2. The molecule has 2 N–H and O–H groups in total. The summed E-state index contributed by atoms with van der Waals surface area (Å²) in [7, 11) is -1.80. The maximum atomic E-state index is 12.5. The molecule has 0 radical (unpaired) electrons. The van der Waals surface area contributed by atoms with E-state index in [0.717, 1.165) is 32.1 Å². The Bertz CT molecular complexity index is 497. The van der Waals surface area contributed by atoms with Crippen LogP contribution in [0.4, 0.5) is 4.79 Å². The number of hydrogen-bond acceptors (Lipinski definition) is 4. The number of piperidine rings is 1. The number of carbonyl (C=O) groups excluding carboxylic acids is 1. The maximum absolute atomic E-state index is 12.5. The first-order valence-corrected chi connectivity index (χ1v) is 10.2. The summed E-state index contributed by atoms with van der Waals surface area (Å²) in [6.45, 7) is 3.98. The van der Waals surface area contributed by atoms with Gasteiger partial charge in [-0.1, -0.05) is 6.92 Å². The smallest absolute Gasteiger partial charge is 0.317 e. The number of urea groups is 1. The van der Waals surface area contributed by atoms with Crippen molar-refractivity contribution >= 4 is 16.1 Å². The van der Waals surface area contributed by atoms with Crippen LogP contribution in [0.2, 0.25) is 0 Å². The van der Waals surface area contributed by atoms with Crippen molar-refractivity contribution in [1.29, 1.82) is 0 Å². The predicted molar refractivity (Wildman–Crippen MR) is 88.7 cm³/mol. The highest BCUT2D eigenvalue weighted by Crippen LogP contribution is 2.20. The van der Waals surface area contributed by atoms with Gasteiger partial charge in [0, 0.05) is 25.7 Å². The zero-order valence-corrected chi connectivity index (χ0v) is 14.9. The minimum atomic E-state index is -3.23. The fraction of sp³-hybridized carbons (Fsp3) is 0.933. The normalized spacial score (nSPS) is 29.3. The van der Waals surface area contributed by atoms with Gasteiger partial charge in [0.2, 0.25) is 10.0 Å². The second kappa shape index (κ2) is 8.30. The molecule has 2 saturated heterocycles. The largest absolute Gasteiger partial charge is 0.378 e. The molecule has 0 aromatic carbocycles. The van der Waals surface area contributed by atoms with E-state index in [-0.39, 0.29) is 29.8 Å². The van der Waals surface area contributed by atoms with E-state index in [9.17, 15) is 13.2 Å². The van der Waals surface area contributed by atoms with Crippen LogP contribution in [0.15, 0.2) is 0 Å². The molecule has 134 valence electrons. The van der Waals surface area contributed by atoms with E-state index in [0.29, 0.717) is 19.7 Å². The molecule has 0 saturated carbocycles. The van der Waals surface area contributed by atoms with Gasteiger partial charge in [-0.15, -0.1) is 0 Å². The molecule has 0 spiro atoms. The Morgan fingerprint density at radius 2 is 2.13 bits per heavy atom. The van der Waals surface area contributed by atoms with Crippen LogP contribution in [0.25, 0.3) is 0 Å². The highest BCUT2D eigenvalue weighted by Gasteiger charge is 2.29. The Hall–Kier alpha value is -0.860. The number of carbonyl (C=O) groups is 1. The van der Waals surface area contributed by atoms with E-state index >= 15 is 0 Å². The Morgan fingerprint density at radius 3 is 2.83 bits per heavy atom. The van der Waals surface area contributed by atoms with E-state index in [4.69, 9.17) is 4.74 Å². The summed E-state index contributed by atoms with van der Waals surface area (Å²) in [4.78, 5) is 14.2. The quantitative estimate of drug-likeness (QED) is 0.774. The van der Waals surface area contributed by atoms with Gasteiger partial charge in [0.1, 0.15) is 0 Å². The molecule has 23 heavy (non-hydrogen) atoms. The Morgan fingerprint density at radius 1 is 1.35 bits per heavy atom. The van der Waals surface area contributed by atoms with Crippen LogP contribution in [0, 0.1) is 5.92 Å². The monoisotopic (exact) mass is 347 g/mol. The lowest BCUT2D eigenvalue weighted by molar-refractivity contribution is 0.000932. The first-order valence-electron chi connectivity index (χ1n) is 8.51. The van der Waals surface area contributed by atoms with E-state index in [1.165, 1.54) is 7.05 Å². The SMILES string of the molecule is CCC1CC(NC(=O)N2CCCC(CS(=O)(=O)NC)C2)CCO1. The van der Waals surface area contributed by atoms with Crippen molar-refractivity contribution in [3.05, 3.63) is 0 Å². The summed E-state index contributed by atoms with van der Waals surface area (Å²) in [5, 5.41) is 3.09. The predicted octanol–water partition coefficient (Wildman–Crippen LogP) is 0.915. The van der Waals surface area contributed by atoms with Gasteiger partial charge in [-0.25, -0.2) is 17.9 Å². The molecule has 2 rings (SSSR count). The Labute approximate surface area is 139 Å². The molecule has 0 aromatic rings. The van der Waals surface area contributed by atoms with Gasteiger partial charge in [-0.2, -0.15) is 0 Å². The second-order valence-corrected chi connectivity index (χ2v) is 8.48. The van der Waals surface area contributed by atoms with E-state index < -0.39 is 10.0 Å². The first kappa shape index (κ1) is 18.5. The lowest BCUT2D eigenvalue weighted by Crippen LogP contribution is -2.51. The highest BCUT2D eigenvalue weighted by molar-refractivity contribution is 7.89. The van der Waals surface area contributed by atoms with Crippen molar-refractivity contribution < 1.29 is 17.9 Å². The fourth-order valence-electron chi connectivity index (χ4n) is 3.34. The molecule has 0 aliphatic carbocycles. The zero-order valence-electron chi connectivity index (χ0n) is 14.1. The second-order valence-electron chi connectivity index (χ2n) is 6.51. The van der Waals surface area contributed by atoms with Crippen LogP contribution in [0.1, 0.15) is 39.0 Å². The topological polar surface area (TPSA) is 87.7 Å². The van der Waals surface area contributed by atoms with Crippen molar-refractivity contribution in [2.45, 2.75) is 51.2 Å². The summed E-state index contributed by atoms with van der Waals surface area (Å²) in [5.41, 5.74) is 0. The average molecular weight is 347 g/mol. The first-order chi connectivity index (χ1) is 10.9. The summed E-state index contributed by atoms with van der Waals surface area (Å²) < 4.78 is 31.4. The van der Waals surface area contributed by atoms with Crippen LogP contribution in [-0.4, -0.2) is 64.0 Å². The lowest BCUT2D eigenvalue weighted by atomic mass is 10.00. The summed E-state index contributed by atoms with van der Waals surface area (Å²) in [5.74, 6) is 0.0904. The molecule has 8 heteroatoms. The van der Waals surface area contributed by atoms with Crippen molar-refractivity contribution in [3.63, 3.8) is 0 Å². The standard InChI is InChI=1S/C15H29N3O4S/c1-3-14-9-13(6-8-22-14)17-15(19)18-7-4-5-12(10-18)11-23(20,21)16-2/h12-14,16H,3-11H2,1-2H3,(H,17,19). The molecule has 0 bridgehead atoms. The fourth-order valence-corrected chi connectivity index (χ4v) is 4.40. The molecular formula is C15H29N3O4S. The van der Waals surface area contributed by atoms with Crippen LogP contribution in [-0.2, 0) is 14.8 Å². The minimum absolute atomic E-state index is 0.00466. The number of hydrogen-bond donors (Lipinski definition) is 2. The summed E-state index contributed by atoms with van der Waals surface area (Å²) >= 11 is 0. The lowest BCUT2D eigenvalue weighted by Gasteiger charge is -2.35. The van der Waals surface area contributed by atoms with Gasteiger partial charge in [0.15, 0.2) is 0 Å². The molecule has 2 fully saturated rings. The zero-order chi connectivity index (χ0) is 16.9. The minimum Gasteiger partial charge on any atom is -0.378 e. The van der Waals surface area contributed by atoms with Gasteiger partial charge in [0.25, 0.3) is 0 Å². The van der Waals surface area contributed by atoms with E-state index in [1.54, 1.807) is 4.90 Å². The van der Waals surface area contributed by atoms with Gasteiger partial charge in [-0.05, 0) is 45.1 Å². The number of likely N-dealkylation sites (tertiary alicyclic amines) is 1. The Balaban J connectivity index is 1.84. The van der Waals surface area contributed by atoms with Gasteiger partial charge >= 0.3 is 6.03 Å². The van der Waals surface area contributed by atoms with E-state index in [2.05, 4.69) is 17.0 Å². The molecule has 2 amide bonds. The number of amides is 2. The van der Waals surface area contributed by atoms with Crippen molar-refractivity contribution in [1.82, 2.24) is 14.9 Å². The Kier molecular flexibility index (Phi) is 6.67. The van der Waals surface area contributed by atoms with Crippen LogP contribution < -0.4 is 10.0 Å². The van der Waals surface area contributed by atoms with Crippen molar-refractivity contribution in [3.8, 4) is 0 Å².